The lowest BCUT2D eigenvalue weighted by Gasteiger charge is -2.27. The SMILES string of the molecule is CCC(Cc1ccc(C)cc1)NC(=O)CN1CCOCC1. The van der Waals surface area contributed by atoms with Gasteiger partial charge in [0.25, 0.3) is 0 Å². The number of nitrogens with one attached hydrogen (secondary N) is 1. The van der Waals surface area contributed by atoms with Crippen molar-refractivity contribution in [1.29, 1.82) is 0 Å². The minimum absolute atomic E-state index is 0.121. The number of carbonyl (C=O) groups is 1. The molecule has 4 nitrogen and oxygen atoms in total. The molecule has 1 aromatic carbocycles. The monoisotopic (exact) mass is 290 g/mol. The summed E-state index contributed by atoms with van der Waals surface area (Å²) in [6.07, 6.45) is 1.84. The van der Waals surface area contributed by atoms with E-state index in [0.29, 0.717) is 6.54 Å². The molecule has 1 atom stereocenters. The maximum atomic E-state index is 12.1. The van der Waals surface area contributed by atoms with E-state index in [2.05, 4.69) is 48.3 Å². The van der Waals surface area contributed by atoms with Crippen molar-refractivity contribution in [3.63, 3.8) is 0 Å². The van der Waals surface area contributed by atoms with Gasteiger partial charge in [-0.3, -0.25) is 9.69 Å². The predicted octanol–water partition coefficient (Wildman–Crippen LogP) is 1.76. The number of rotatable bonds is 6. The van der Waals surface area contributed by atoms with E-state index in [1.807, 2.05) is 0 Å². The molecular weight excluding hydrogens is 264 g/mol. The highest BCUT2D eigenvalue weighted by molar-refractivity contribution is 5.78. The molecule has 0 bridgehead atoms. The number of carbonyl (C=O) groups excluding carboxylic acids is 1. The summed E-state index contributed by atoms with van der Waals surface area (Å²) in [5.74, 6) is 0.121. The number of hydrogen-bond acceptors (Lipinski definition) is 3. The second-order valence-corrected chi connectivity index (χ2v) is 5.75. The second kappa shape index (κ2) is 8.15. The normalized spacial score (nSPS) is 17.4. The van der Waals surface area contributed by atoms with Gasteiger partial charge in [0.15, 0.2) is 0 Å². The fraction of sp³-hybridized carbons (Fsp3) is 0.588. The summed E-state index contributed by atoms with van der Waals surface area (Å²) in [4.78, 5) is 14.3. The summed E-state index contributed by atoms with van der Waals surface area (Å²) in [6.45, 7) is 7.85. The molecule has 1 amide bonds. The van der Waals surface area contributed by atoms with Crippen LogP contribution in [-0.4, -0.2) is 49.7 Å². The first-order valence-corrected chi connectivity index (χ1v) is 7.82. The van der Waals surface area contributed by atoms with E-state index in [1.54, 1.807) is 0 Å². The average molecular weight is 290 g/mol. The summed E-state index contributed by atoms with van der Waals surface area (Å²) in [6, 6.07) is 8.74. The molecule has 1 fully saturated rings. The smallest absolute Gasteiger partial charge is 0.234 e. The van der Waals surface area contributed by atoms with Gasteiger partial charge in [0.05, 0.1) is 19.8 Å². The third-order valence-electron chi connectivity index (χ3n) is 3.93. The van der Waals surface area contributed by atoms with E-state index in [0.717, 1.165) is 39.1 Å². The van der Waals surface area contributed by atoms with Crippen LogP contribution in [0.5, 0.6) is 0 Å². The molecule has 1 aliphatic rings. The molecule has 1 heterocycles. The summed E-state index contributed by atoms with van der Waals surface area (Å²) in [5.41, 5.74) is 2.54. The third kappa shape index (κ3) is 5.48. The Kier molecular flexibility index (Phi) is 6.21. The zero-order chi connectivity index (χ0) is 15.1. The van der Waals surface area contributed by atoms with E-state index >= 15 is 0 Å². The Hall–Kier alpha value is -1.39. The standard InChI is InChI=1S/C17H26N2O2/c1-3-16(12-15-6-4-14(2)5-7-15)18-17(20)13-19-8-10-21-11-9-19/h4-7,16H,3,8-13H2,1-2H3,(H,18,20). The molecule has 0 spiro atoms. The van der Waals surface area contributed by atoms with Crippen molar-refractivity contribution in [1.82, 2.24) is 10.2 Å². The summed E-state index contributed by atoms with van der Waals surface area (Å²) in [7, 11) is 0. The Labute approximate surface area is 127 Å². The number of morpholine rings is 1. The number of hydrogen-bond donors (Lipinski definition) is 1. The topological polar surface area (TPSA) is 41.6 Å². The first-order valence-electron chi connectivity index (χ1n) is 7.82. The van der Waals surface area contributed by atoms with Gasteiger partial charge in [-0.15, -0.1) is 0 Å². The van der Waals surface area contributed by atoms with E-state index in [9.17, 15) is 4.79 Å². The molecule has 116 valence electrons. The molecule has 1 aliphatic heterocycles. The largest absolute Gasteiger partial charge is 0.379 e. The van der Waals surface area contributed by atoms with Gasteiger partial charge in [0.2, 0.25) is 5.91 Å². The Morgan fingerprint density at radius 3 is 2.57 bits per heavy atom. The van der Waals surface area contributed by atoms with Crippen molar-refractivity contribution in [2.75, 3.05) is 32.8 Å². The van der Waals surface area contributed by atoms with Gasteiger partial charge >= 0.3 is 0 Å². The van der Waals surface area contributed by atoms with Crippen LogP contribution >= 0.6 is 0 Å². The van der Waals surface area contributed by atoms with Crippen molar-refractivity contribution in [3.05, 3.63) is 35.4 Å². The molecule has 1 aromatic rings. The van der Waals surface area contributed by atoms with Crippen LogP contribution < -0.4 is 5.32 Å². The van der Waals surface area contributed by atoms with Crippen LogP contribution in [-0.2, 0) is 16.0 Å². The fourth-order valence-electron chi connectivity index (χ4n) is 2.54. The lowest BCUT2D eigenvalue weighted by Crippen LogP contribution is -2.46. The Morgan fingerprint density at radius 1 is 1.29 bits per heavy atom. The van der Waals surface area contributed by atoms with Crippen LogP contribution in [0.3, 0.4) is 0 Å². The van der Waals surface area contributed by atoms with Crippen LogP contribution in [0.4, 0.5) is 0 Å². The molecule has 1 N–H and O–H groups in total. The highest BCUT2D eigenvalue weighted by atomic mass is 16.5. The number of aryl methyl sites for hydroxylation is 1. The van der Waals surface area contributed by atoms with Crippen molar-refractivity contribution in [2.24, 2.45) is 0 Å². The van der Waals surface area contributed by atoms with Crippen molar-refractivity contribution >= 4 is 5.91 Å². The van der Waals surface area contributed by atoms with E-state index in [-0.39, 0.29) is 11.9 Å². The molecule has 2 rings (SSSR count). The van der Waals surface area contributed by atoms with E-state index in [4.69, 9.17) is 4.74 Å². The minimum Gasteiger partial charge on any atom is -0.379 e. The molecule has 4 heteroatoms. The molecule has 1 unspecified atom stereocenters. The Bertz CT molecular complexity index is 439. The number of ether oxygens (including phenoxy) is 1. The molecule has 0 radical (unpaired) electrons. The minimum atomic E-state index is 0.121. The van der Waals surface area contributed by atoms with Gasteiger partial charge in [-0.2, -0.15) is 0 Å². The van der Waals surface area contributed by atoms with Gasteiger partial charge in [-0.05, 0) is 25.3 Å². The fourth-order valence-corrected chi connectivity index (χ4v) is 2.54. The molecule has 1 saturated heterocycles. The number of benzene rings is 1. The molecule has 0 aromatic heterocycles. The van der Waals surface area contributed by atoms with Crippen LogP contribution in [0.2, 0.25) is 0 Å². The maximum absolute atomic E-state index is 12.1. The summed E-state index contributed by atoms with van der Waals surface area (Å²) < 4.78 is 5.30. The zero-order valence-corrected chi connectivity index (χ0v) is 13.1. The van der Waals surface area contributed by atoms with Crippen LogP contribution in [0.1, 0.15) is 24.5 Å². The summed E-state index contributed by atoms with van der Waals surface area (Å²) in [5, 5.41) is 3.16. The lowest BCUT2D eigenvalue weighted by atomic mass is 10.0. The second-order valence-electron chi connectivity index (χ2n) is 5.75. The molecule has 0 aliphatic carbocycles. The molecule has 21 heavy (non-hydrogen) atoms. The first-order chi connectivity index (χ1) is 10.2. The Balaban J connectivity index is 1.80. The zero-order valence-electron chi connectivity index (χ0n) is 13.1. The number of amides is 1. The maximum Gasteiger partial charge on any atom is 0.234 e. The van der Waals surface area contributed by atoms with Crippen LogP contribution in [0.15, 0.2) is 24.3 Å². The van der Waals surface area contributed by atoms with Gasteiger partial charge in [0, 0.05) is 19.1 Å². The van der Waals surface area contributed by atoms with E-state index in [1.165, 1.54) is 11.1 Å². The van der Waals surface area contributed by atoms with Gasteiger partial charge in [-0.25, -0.2) is 0 Å². The molecular formula is C17H26N2O2. The average Bonchev–Trinajstić information content (AvgIpc) is 2.49. The highest BCUT2D eigenvalue weighted by Crippen LogP contribution is 2.08. The number of nitrogens with zero attached hydrogens (tertiary/aromatic N) is 1. The van der Waals surface area contributed by atoms with Crippen molar-refractivity contribution < 1.29 is 9.53 Å². The van der Waals surface area contributed by atoms with Crippen LogP contribution in [0.25, 0.3) is 0 Å². The highest BCUT2D eigenvalue weighted by Gasteiger charge is 2.16. The van der Waals surface area contributed by atoms with E-state index < -0.39 is 0 Å². The van der Waals surface area contributed by atoms with Crippen molar-refractivity contribution in [2.45, 2.75) is 32.7 Å². The molecule has 0 saturated carbocycles. The van der Waals surface area contributed by atoms with Crippen molar-refractivity contribution in [3.8, 4) is 0 Å². The predicted molar refractivity (Wildman–Crippen MR) is 84.4 cm³/mol. The van der Waals surface area contributed by atoms with Gasteiger partial charge in [0.1, 0.15) is 0 Å². The van der Waals surface area contributed by atoms with Gasteiger partial charge in [-0.1, -0.05) is 36.8 Å². The van der Waals surface area contributed by atoms with Crippen LogP contribution in [0, 0.1) is 6.92 Å². The first kappa shape index (κ1) is 16.0. The lowest BCUT2D eigenvalue weighted by molar-refractivity contribution is -0.124. The third-order valence-corrected chi connectivity index (χ3v) is 3.93. The quantitative estimate of drug-likeness (QED) is 0.868. The Morgan fingerprint density at radius 2 is 1.95 bits per heavy atom. The van der Waals surface area contributed by atoms with Gasteiger partial charge < -0.3 is 10.1 Å². The summed E-state index contributed by atoms with van der Waals surface area (Å²) >= 11 is 0.